The minimum atomic E-state index is -0.424. The first kappa shape index (κ1) is 12.3. The van der Waals surface area contributed by atoms with Crippen LogP contribution in [0.15, 0.2) is 48.5 Å². The number of primary amides is 1. The second-order valence-electron chi connectivity index (χ2n) is 4.04. The summed E-state index contributed by atoms with van der Waals surface area (Å²) in [5.41, 5.74) is 8.90. The van der Waals surface area contributed by atoms with Crippen LogP contribution in [0.1, 0.15) is 15.9 Å². The molecule has 0 heterocycles. The van der Waals surface area contributed by atoms with Gasteiger partial charge in [-0.25, -0.2) is 0 Å². The van der Waals surface area contributed by atoms with Crippen LogP contribution in [0.4, 0.5) is 0 Å². The van der Waals surface area contributed by atoms with Crippen LogP contribution < -0.4 is 5.73 Å². The SMILES string of the molecule is COCc1cc(C(N)=O)ccc1-c1ccccc1. The van der Waals surface area contributed by atoms with Gasteiger partial charge in [0.2, 0.25) is 5.91 Å². The first-order valence-electron chi connectivity index (χ1n) is 5.69. The van der Waals surface area contributed by atoms with Gasteiger partial charge in [0.1, 0.15) is 0 Å². The summed E-state index contributed by atoms with van der Waals surface area (Å²) in [5, 5.41) is 0. The van der Waals surface area contributed by atoms with E-state index in [1.807, 2.05) is 36.4 Å². The highest BCUT2D eigenvalue weighted by Crippen LogP contribution is 2.25. The van der Waals surface area contributed by atoms with E-state index >= 15 is 0 Å². The summed E-state index contributed by atoms with van der Waals surface area (Å²) >= 11 is 0. The van der Waals surface area contributed by atoms with Crippen LogP contribution in [0, 0.1) is 0 Å². The molecule has 0 aliphatic rings. The molecule has 3 nitrogen and oxygen atoms in total. The minimum absolute atomic E-state index is 0.424. The normalized spacial score (nSPS) is 10.3. The van der Waals surface area contributed by atoms with E-state index in [9.17, 15) is 4.79 Å². The van der Waals surface area contributed by atoms with E-state index in [-0.39, 0.29) is 0 Å². The smallest absolute Gasteiger partial charge is 0.248 e. The molecule has 0 fully saturated rings. The lowest BCUT2D eigenvalue weighted by Gasteiger charge is -2.10. The molecular formula is C15H15NO2. The molecule has 2 aromatic carbocycles. The van der Waals surface area contributed by atoms with Crippen LogP contribution in [-0.2, 0) is 11.3 Å². The Hall–Kier alpha value is -2.13. The first-order chi connectivity index (χ1) is 8.72. The van der Waals surface area contributed by atoms with Gasteiger partial charge in [0.15, 0.2) is 0 Å². The Balaban J connectivity index is 2.50. The van der Waals surface area contributed by atoms with Crippen LogP contribution in [0.5, 0.6) is 0 Å². The second kappa shape index (κ2) is 5.47. The Morgan fingerprint density at radius 1 is 1.17 bits per heavy atom. The molecule has 18 heavy (non-hydrogen) atoms. The molecule has 0 aliphatic heterocycles. The molecule has 1 amide bonds. The lowest BCUT2D eigenvalue weighted by molar-refractivity contribution is 0.1000. The van der Waals surface area contributed by atoms with Crippen LogP contribution >= 0.6 is 0 Å². The van der Waals surface area contributed by atoms with Crippen molar-refractivity contribution in [2.45, 2.75) is 6.61 Å². The van der Waals surface area contributed by atoms with Crippen LogP contribution in [0.2, 0.25) is 0 Å². The minimum Gasteiger partial charge on any atom is -0.380 e. The van der Waals surface area contributed by atoms with Gasteiger partial charge in [-0.1, -0.05) is 36.4 Å². The number of carbonyl (C=O) groups is 1. The van der Waals surface area contributed by atoms with Crippen molar-refractivity contribution in [3.05, 3.63) is 59.7 Å². The molecule has 0 unspecified atom stereocenters. The Bertz CT molecular complexity index is 550. The molecule has 2 aromatic rings. The lowest BCUT2D eigenvalue weighted by Crippen LogP contribution is -2.11. The maximum Gasteiger partial charge on any atom is 0.248 e. The summed E-state index contributed by atoms with van der Waals surface area (Å²) in [4.78, 5) is 11.2. The molecule has 0 bridgehead atoms. The van der Waals surface area contributed by atoms with E-state index in [0.717, 1.165) is 16.7 Å². The Morgan fingerprint density at radius 3 is 2.50 bits per heavy atom. The molecule has 2 N–H and O–H groups in total. The van der Waals surface area contributed by atoms with Gasteiger partial charge in [0.25, 0.3) is 0 Å². The summed E-state index contributed by atoms with van der Waals surface area (Å²) < 4.78 is 5.17. The number of carbonyl (C=O) groups excluding carboxylic acids is 1. The third-order valence-corrected chi connectivity index (χ3v) is 2.77. The maximum absolute atomic E-state index is 11.2. The van der Waals surface area contributed by atoms with Gasteiger partial charge in [-0.15, -0.1) is 0 Å². The summed E-state index contributed by atoms with van der Waals surface area (Å²) in [5.74, 6) is -0.424. The number of nitrogens with two attached hydrogens (primary N) is 1. The summed E-state index contributed by atoms with van der Waals surface area (Å²) in [6, 6.07) is 15.4. The fourth-order valence-electron chi connectivity index (χ4n) is 1.92. The first-order valence-corrected chi connectivity index (χ1v) is 5.69. The fraction of sp³-hybridized carbons (Fsp3) is 0.133. The van der Waals surface area contributed by atoms with Crippen molar-refractivity contribution in [2.24, 2.45) is 5.73 Å². The highest BCUT2D eigenvalue weighted by molar-refractivity contribution is 5.93. The van der Waals surface area contributed by atoms with Crippen molar-refractivity contribution < 1.29 is 9.53 Å². The molecule has 2 rings (SSSR count). The molecule has 0 saturated carbocycles. The molecule has 0 saturated heterocycles. The highest BCUT2D eigenvalue weighted by Gasteiger charge is 2.08. The predicted molar refractivity (Wildman–Crippen MR) is 71.1 cm³/mol. The molecule has 0 radical (unpaired) electrons. The zero-order chi connectivity index (χ0) is 13.0. The highest BCUT2D eigenvalue weighted by atomic mass is 16.5. The monoisotopic (exact) mass is 241 g/mol. The van der Waals surface area contributed by atoms with Crippen molar-refractivity contribution in [3.8, 4) is 11.1 Å². The van der Waals surface area contributed by atoms with Crippen molar-refractivity contribution >= 4 is 5.91 Å². The fourth-order valence-corrected chi connectivity index (χ4v) is 1.92. The number of ether oxygens (including phenoxy) is 1. The zero-order valence-corrected chi connectivity index (χ0v) is 10.2. The van der Waals surface area contributed by atoms with Gasteiger partial charge in [-0.05, 0) is 28.8 Å². The van der Waals surface area contributed by atoms with E-state index in [2.05, 4.69) is 0 Å². The average molecular weight is 241 g/mol. The average Bonchev–Trinajstić information content (AvgIpc) is 2.40. The van der Waals surface area contributed by atoms with E-state index < -0.39 is 5.91 Å². The van der Waals surface area contributed by atoms with Crippen molar-refractivity contribution in [3.63, 3.8) is 0 Å². The van der Waals surface area contributed by atoms with E-state index in [4.69, 9.17) is 10.5 Å². The standard InChI is InChI=1S/C15H15NO2/c1-18-10-13-9-12(15(16)17)7-8-14(13)11-5-3-2-4-6-11/h2-9H,10H2,1H3,(H2,16,17). The lowest BCUT2D eigenvalue weighted by atomic mass is 9.98. The van der Waals surface area contributed by atoms with Crippen LogP contribution in [0.3, 0.4) is 0 Å². The van der Waals surface area contributed by atoms with E-state index in [0.29, 0.717) is 12.2 Å². The van der Waals surface area contributed by atoms with Gasteiger partial charge < -0.3 is 10.5 Å². The van der Waals surface area contributed by atoms with Crippen molar-refractivity contribution in [2.75, 3.05) is 7.11 Å². The molecule has 0 aromatic heterocycles. The van der Waals surface area contributed by atoms with Crippen molar-refractivity contribution in [1.29, 1.82) is 0 Å². The third kappa shape index (κ3) is 2.57. The number of hydrogen-bond donors (Lipinski definition) is 1. The number of methoxy groups -OCH3 is 1. The molecule has 0 aliphatic carbocycles. The third-order valence-electron chi connectivity index (χ3n) is 2.77. The molecule has 0 atom stereocenters. The van der Waals surface area contributed by atoms with Crippen LogP contribution in [-0.4, -0.2) is 13.0 Å². The summed E-state index contributed by atoms with van der Waals surface area (Å²) in [6.07, 6.45) is 0. The quantitative estimate of drug-likeness (QED) is 0.894. The topological polar surface area (TPSA) is 52.3 Å². The van der Waals surface area contributed by atoms with Gasteiger partial charge in [0, 0.05) is 12.7 Å². The van der Waals surface area contributed by atoms with E-state index in [1.165, 1.54) is 0 Å². The number of rotatable bonds is 4. The summed E-state index contributed by atoms with van der Waals surface area (Å²) in [6.45, 7) is 0.450. The molecule has 3 heteroatoms. The Morgan fingerprint density at radius 2 is 1.89 bits per heavy atom. The zero-order valence-electron chi connectivity index (χ0n) is 10.2. The number of amides is 1. The van der Waals surface area contributed by atoms with Gasteiger partial charge in [0.05, 0.1) is 6.61 Å². The number of hydrogen-bond acceptors (Lipinski definition) is 2. The predicted octanol–water partition coefficient (Wildman–Crippen LogP) is 2.60. The Kier molecular flexibility index (Phi) is 3.75. The summed E-state index contributed by atoms with van der Waals surface area (Å²) in [7, 11) is 1.63. The molecule has 92 valence electrons. The van der Waals surface area contributed by atoms with Gasteiger partial charge in [-0.2, -0.15) is 0 Å². The van der Waals surface area contributed by atoms with Crippen LogP contribution in [0.25, 0.3) is 11.1 Å². The second-order valence-corrected chi connectivity index (χ2v) is 4.04. The molecule has 0 spiro atoms. The number of benzene rings is 2. The van der Waals surface area contributed by atoms with E-state index in [1.54, 1.807) is 19.2 Å². The van der Waals surface area contributed by atoms with Crippen molar-refractivity contribution in [1.82, 2.24) is 0 Å². The van der Waals surface area contributed by atoms with Gasteiger partial charge >= 0.3 is 0 Å². The maximum atomic E-state index is 11.2. The molecular weight excluding hydrogens is 226 g/mol. The largest absolute Gasteiger partial charge is 0.380 e. The van der Waals surface area contributed by atoms with Gasteiger partial charge in [-0.3, -0.25) is 4.79 Å². The Labute approximate surface area is 106 Å².